The van der Waals surface area contributed by atoms with Gasteiger partial charge in [0.1, 0.15) is 23.4 Å². The molecule has 0 aliphatic heterocycles. The first-order valence-corrected chi connectivity index (χ1v) is 7.88. The number of carbonyl (C=O) groups is 1. The molecule has 0 spiro atoms. The first-order valence-electron chi connectivity index (χ1n) is 7.88. The lowest BCUT2D eigenvalue weighted by atomic mass is 9.98. The third-order valence-corrected chi connectivity index (χ3v) is 3.01. The molecule has 2 rings (SSSR count). The summed E-state index contributed by atoms with van der Waals surface area (Å²) < 4.78 is 5.84. The number of carbonyl (C=O) groups excluding carboxylic acids is 1. The Morgan fingerprint density at radius 1 is 1.04 bits per heavy atom. The van der Waals surface area contributed by atoms with Crippen LogP contribution in [0.2, 0.25) is 0 Å². The second-order valence-electron chi connectivity index (χ2n) is 6.12. The van der Waals surface area contributed by atoms with Crippen molar-refractivity contribution < 1.29 is 14.6 Å². The number of phenolic OH excluding ortho intramolecular Hbond substituents is 1. The third kappa shape index (κ3) is 5.44. The van der Waals surface area contributed by atoms with Gasteiger partial charge in [-0.15, -0.1) is 0 Å². The minimum absolute atomic E-state index is 0.0871. The fraction of sp³-hybridized carbons (Fsp3) is 0.350. The van der Waals surface area contributed by atoms with Gasteiger partial charge >= 0.3 is 0 Å². The Hall–Kier alpha value is -2.29. The van der Waals surface area contributed by atoms with Crippen LogP contribution in [0.25, 0.3) is 11.1 Å². The van der Waals surface area contributed by atoms with Gasteiger partial charge in [0, 0.05) is 5.56 Å². The van der Waals surface area contributed by atoms with Gasteiger partial charge in [-0.1, -0.05) is 19.9 Å². The van der Waals surface area contributed by atoms with Crippen LogP contribution in [-0.2, 0) is 0 Å². The Kier molecular flexibility index (Phi) is 6.38. The Labute approximate surface area is 138 Å². The molecule has 3 nitrogen and oxygen atoms in total. The quantitative estimate of drug-likeness (QED) is 0.773. The lowest BCUT2D eigenvalue weighted by Crippen LogP contribution is -2.22. The van der Waals surface area contributed by atoms with Crippen molar-refractivity contribution >= 4 is 6.29 Å². The number of ether oxygens (including phenoxy) is 1. The Morgan fingerprint density at radius 3 is 2.22 bits per heavy atom. The molecule has 0 amide bonds. The number of aromatic hydroxyl groups is 1. The van der Waals surface area contributed by atoms with Crippen LogP contribution < -0.4 is 4.74 Å². The van der Waals surface area contributed by atoms with Gasteiger partial charge in [0.15, 0.2) is 0 Å². The number of aryl methyl sites for hydroxylation is 1. The van der Waals surface area contributed by atoms with Gasteiger partial charge in [-0.3, -0.25) is 4.79 Å². The summed E-state index contributed by atoms with van der Waals surface area (Å²) in [6.07, 6.45) is 0.732. The van der Waals surface area contributed by atoms with Crippen LogP contribution in [0.5, 0.6) is 11.5 Å². The van der Waals surface area contributed by atoms with Crippen molar-refractivity contribution in [3.05, 3.63) is 47.5 Å². The van der Waals surface area contributed by atoms with Crippen molar-refractivity contribution in [3.8, 4) is 22.6 Å². The first-order chi connectivity index (χ1) is 10.8. The van der Waals surface area contributed by atoms with Crippen LogP contribution in [0.1, 0.15) is 50.5 Å². The summed E-state index contributed by atoms with van der Waals surface area (Å²) in [5, 5.41) is 9.70. The van der Waals surface area contributed by atoms with Crippen LogP contribution in [0.3, 0.4) is 0 Å². The molecule has 1 N–H and O–H groups in total. The van der Waals surface area contributed by atoms with Crippen molar-refractivity contribution in [2.45, 2.75) is 47.1 Å². The van der Waals surface area contributed by atoms with Gasteiger partial charge in [0.05, 0.1) is 0 Å². The maximum atomic E-state index is 10.9. The van der Waals surface area contributed by atoms with Crippen LogP contribution in [0.4, 0.5) is 0 Å². The number of hydrogen-bond donors (Lipinski definition) is 1. The minimum Gasteiger partial charge on any atom is -0.508 e. The molecule has 2 aromatic carbocycles. The Bertz CT molecular complexity index is 667. The third-order valence-electron chi connectivity index (χ3n) is 3.01. The number of benzene rings is 2. The largest absolute Gasteiger partial charge is 0.508 e. The topological polar surface area (TPSA) is 46.5 Å². The molecular formula is C20H26O3. The molecule has 0 aliphatic carbocycles. The van der Waals surface area contributed by atoms with Crippen molar-refractivity contribution in [2.24, 2.45) is 0 Å². The van der Waals surface area contributed by atoms with E-state index in [1.165, 1.54) is 6.07 Å². The van der Waals surface area contributed by atoms with Crippen LogP contribution >= 0.6 is 0 Å². The molecule has 0 radical (unpaired) electrons. The van der Waals surface area contributed by atoms with Gasteiger partial charge in [-0.05, 0) is 74.7 Å². The fourth-order valence-electron chi connectivity index (χ4n) is 2.24. The highest BCUT2D eigenvalue weighted by molar-refractivity contribution is 5.81. The average Bonchev–Trinajstić information content (AvgIpc) is 2.47. The van der Waals surface area contributed by atoms with Crippen LogP contribution in [0, 0.1) is 6.92 Å². The molecule has 0 atom stereocenters. The van der Waals surface area contributed by atoms with E-state index in [1.807, 2.05) is 59.7 Å². The standard InChI is InChI=1S/C18H20O3.C2H6/c1-12-7-16(21-18(2,3)4)5-6-17(12)14-8-13(11-19)9-15(20)10-14;1-2/h5-11,20H,1-4H3;1-2H3. The summed E-state index contributed by atoms with van der Waals surface area (Å²) in [5.74, 6) is 0.892. The average molecular weight is 314 g/mol. The summed E-state index contributed by atoms with van der Waals surface area (Å²) in [4.78, 5) is 10.9. The van der Waals surface area contributed by atoms with Crippen LogP contribution in [-0.4, -0.2) is 17.0 Å². The molecule has 2 aromatic rings. The van der Waals surface area contributed by atoms with E-state index in [1.54, 1.807) is 12.1 Å². The lowest BCUT2D eigenvalue weighted by molar-refractivity contribution is 0.112. The zero-order chi connectivity index (χ0) is 17.6. The van der Waals surface area contributed by atoms with Gasteiger partial charge in [-0.25, -0.2) is 0 Å². The molecule has 0 heterocycles. The highest BCUT2D eigenvalue weighted by Gasteiger charge is 2.13. The maximum absolute atomic E-state index is 10.9. The molecule has 23 heavy (non-hydrogen) atoms. The SMILES string of the molecule is CC.Cc1cc(OC(C)(C)C)ccc1-c1cc(O)cc(C=O)c1. The molecule has 124 valence electrons. The smallest absolute Gasteiger partial charge is 0.150 e. The molecule has 0 saturated carbocycles. The van der Waals surface area contributed by atoms with Gasteiger partial charge in [0.25, 0.3) is 0 Å². The van der Waals surface area contributed by atoms with E-state index in [-0.39, 0.29) is 11.4 Å². The fourth-order valence-corrected chi connectivity index (χ4v) is 2.24. The van der Waals surface area contributed by atoms with Crippen molar-refractivity contribution in [1.29, 1.82) is 0 Å². The molecule has 3 heteroatoms. The zero-order valence-corrected chi connectivity index (χ0v) is 14.8. The highest BCUT2D eigenvalue weighted by atomic mass is 16.5. The zero-order valence-electron chi connectivity index (χ0n) is 14.8. The molecule has 0 fully saturated rings. The van der Waals surface area contributed by atoms with E-state index in [2.05, 4.69) is 0 Å². The summed E-state index contributed by atoms with van der Waals surface area (Å²) in [6.45, 7) is 12.0. The van der Waals surface area contributed by atoms with E-state index in [9.17, 15) is 9.90 Å². The summed E-state index contributed by atoms with van der Waals surface area (Å²) in [5.41, 5.74) is 3.02. The van der Waals surface area contributed by atoms with E-state index in [4.69, 9.17) is 4.74 Å². The van der Waals surface area contributed by atoms with E-state index < -0.39 is 0 Å². The number of hydrogen-bond acceptors (Lipinski definition) is 3. The monoisotopic (exact) mass is 314 g/mol. The van der Waals surface area contributed by atoms with E-state index in [0.717, 1.165) is 28.7 Å². The maximum Gasteiger partial charge on any atom is 0.150 e. The Balaban J connectivity index is 0.00000127. The predicted octanol–water partition coefficient (Wildman–Crippen LogP) is 5.38. The minimum atomic E-state index is -0.246. The van der Waals surface area contributed by atoms with Gasteiger partial charge < -0.3 is 9.84 Å². The van der Waals surface area contributed by atoms with Crippen molar-refractivity contribution in [1.82, 2.24) is 0 Å². The highest BCUT2D eigenvalue weighted by Crippen LogP contribution is 2.31. The second kappa shape index (κ2) is 7.82. The number of aldehydes is 1. The second-order valence-corrected chi connectivity index (χ2v) is 6.12. The van der Waals surface area contributed by atoms with E-state index in [0.29, 0.717) is 5.56 Å². The summed E-state index contributed by atoms with van der Waals surface area (Å²) in [6, 6.07) is 10.7. The number of phenols is 1. The van der Waals surface area contributed by atoms with Crippen molar-refractivity contribution in [3.63, 3.8) is 0 Å². The predicted molar refractivity (Wildman–Crippen MR) is 95.4 cm³/mol. The van der Waals surface area contributed by atoms with E-state index >= 15 is 0 Å². The molecule has 0 bridgehead atoms. The lowest BCUT2D eigenvalue weighted by Gasteiger charge is -2.22. The normalized spacial score (nSPS) is 10.5. The van der Waals surface area contributed by atoms with Crippen molar-refractivity contribution in [2.75, 3.05) is 0 Å². The summed E-state index contributed by atoms with van der Waals surface area (Å²) >= 11 is 0. The first kappa shape index (κ1) is 18.8. The molecule has 0 unspecified atom stereocenters. The number of rotatable bonds is 3. The molecule has 0 saturated heterocycles. The van der Waals surface area contributed by atoms with Gasteiger partial charge in [0.2, 0.25) is 0 Å². The summed E-state index contributed by atoms with van der Waals surface area (Å²) in [7, 11) is 0. The molecular weight excluding hydrogens is 288 g/mol. The van der Waals surface area contributed by atoms with Gasteiger partial charge in [-0.2, -0.15) is 0 Å². The van der Waals surface area contributed by atoms with Crippen LogP contribution in [0.15, 0.2) is 36.4 Å². The Morgan fingerprint density at radius 2 is 1.70 bits per heavy atom. The molecule has 0 aromatic heterocycles. The molecule has 0 aliphatic rings.